The maximum Gasteiger partial charge on any atom is 0.166 e. The Morgan fingerprint density at radius 3 is 2.62 bits per heavy atom. The first-order valence-electron chi connectivity index (χ1n) is 4.12. The molecule has 2 N–H and O–H groups in total. The Morgan fingerprint density at radius 1 is 1.46 bits per heavy atom. The van der Waals surface area contributed by atoms with Gasteiger partial charge in [0.15, 0.2) is 5.78 Å². The summed E-state index contributed by atoms with van der Waals surface area (Å²) in [4.78, 5) is 11.6. The van der Waals surface area contributed by atoms with Gasteiger partial charge in [-0.25, -0.2) is 0 Å². The lowest BCUT2D eigenvalue weighted by Crippen LogP contribution is -2.08. The quantitative estimate of drug-likeness (QED) is 0.585. The van der Waals surface area contributed by atoms with E-state index in [0.717, 1.165) is 0 Å². The molecule has 70 valence electrons. The summed E-state index contributed by atoms with van der Waals surface area (Å²) >= 11 is 5.89. The minimum atomic E-state index is -0.0562. The Bertz CT molecular complexity index is 334. The molecule has 0 aliphatic heterocycles. The number of nitrogens with two attached hydrogens (primary N) is 1. The van der Waals surface area contributed by atoms with E-state index in [1.807, 2.05) is 13.8 Å². The smallest absolute Gasteiger partial charge is 0.166 e. The predicted octanol–water partition coefficient (Wildman–Crippen LogP) is 2.76. The summed E-state index contributed by atoms with van der Waals surface area (Å²) in [6.07, 6.45) is 0. The van der Waals surface area contributed by atoms with Crippen LogP contribution >= 0.6 is 11.6 Å². The maximum absolute atomic E-state index is 11.6. The molecule has 0 atom stereocenters. The van der Waals surface area contributed by atoms with Gasteiger partial charge in [-0.3, -0.25) is 4.79 Å². The van der Waals surface area contributed by atoms with Crippen molar-refractivity contribution in [3.05, 3.63) is 28.8 Å². The van der Waals surface area contributed by atoms with Crippen LogP contribution in [0.5, 0.6) is 0 Å². The first kappa shape index (κ1) is 10.1. The molecule has 3 heteroatoms. The van der Waals surface area contributed by atoms with Gasteiger partial charge in [0, 0.05) is 11.5 Å². The molecule has 0 fully saturated rings. The van der Waals surface area contributed by atoms with Gasteiger partial charge in [0.1, 0.15) is 0 Å². The Balaban J connectivity index is 3.15. The van der Waals surface area contributed by atoms with Crippen LogP contribution in [0.4, 0.5) is 5.69 Å². The van der Waals surface area contributed by atoms with Crippen molar-refractivity contribution in [3.63, 3.8) is 0 Å². The van der Waals surface area contributed by atoms with Gasteiger partial charge in [-0.05, 0) is 12.1 Å². The third kappa shape index (κ3) is 2.01. The van der Waals surface area contributed by atoms with Crippen LogP contribution in [0.3, 0.4) is 0 Å². The topological polar surface area (TPSA) is 43.1 Å². The molecular formula is C10H12ClNO. The summed E-state index contributed by atoms with van der Waals surface area (Å²) in [5, 5.41) is 0.362. The number of rotatable bonds is 2. The second-order valence-electron chi connectivity index (χ2n) is 3.23. The van der Waals surface area contributed by atoms with Crippen LogP contribution in [-0.4, -0.2) is 5.78 Å². The van der Waals surface area contributed by atoms with E-state index in [4.69, 9.17) is 17.3 Å². The van der Waals surface area contributed by atoms with E-state index < -0.39 is 0 Å². The van der Waals surface area contributed by atoms with Crippen molar-refractivity contribution in [2.75, 3.05) is 5.73 Å². The number of carbonyl (C=O) groups excluding carboxylic acids is 1. The van der Waals surface area contributed by atoms with Crippen molar-refractivity contribution in [1.29, 1.82) is 0 Å². The molecule has 0 aromatic heterocycles. The van der Waals surface area contributed by atoms with Crippen molar-refractivity contribution in [3.8, 4) is 0 Å². The van der Waals surface area contributed by atoms with Crippen LogP contribution in [0, 0.1) is 5.92 Å². The molecule has 0 aliphatic rings. The normalized spacial score (nSPS) is 10.5. The summed E-state index contributed by atoms with van der Waals surface area (Å²) < 4.78 is 0. The van der Waals surface area contributed by atoms with E-state index >= 15 is 0 Å². The molecule has 0 bridgehead atoms. The average molecular weight is 198 g/mol. The number of anilines is 1. The summed E-state index contributed by atoms with van der Waals surface area (Å²) in [7, 11) is 0. The lowest BCUT2D eigenvalue weighted by molar-refractivity contribution is 0.0939. The highest BCUT2D eigenvalue weighted by Gasteiger charge is 2.14. The molecular weight excluding hydrogens is 186 g/mol. The molecule has 1 rings (SSSR count). The maximum atomic E-state index is 11.6. The van der Waals surface area contributed by atoms with E-state index in [-0.39, 0.29) is 11.7 Å². The van der Waals surface area contributed by atoms with Crippen LogP contribution in [0.25, 0.3) is 0 Å². The van der Waals surface area contributed by atoms with Gasteiger partial charge in [-0.1, -0.05) is 31.5 Å². The number of hydrogen-bond acceptors (Lipinski definition) is 2. The molecule has 0 radical (unpaired) electrons. The van der Waals surface area contributed by atoms with Crippen molar-refractivity contribution >= 4 is 23.1 Å². The van der Waals surface area contributed by atoms with E-state index in [0.29, 0.717) is 16.3 Å². The van der Waals surface area contributed by atoms with Crippen molar-refractivity contribution in [2.24, 2.45) is 5.92 Å². The molecule has 0 saturated heterocycles. The molecule has 0 heterocycles. The van der Waals surface area contributed by atoms with Gasteiger partial charge < -0.3 is 5.73 Å². The number of Topliss-reactive ketones (excluding diaryl/α,β-unsaturated/α-hetero) is 1. The number of halogens is 1. The highest BCUT2D eigenvalue weighted by Crippen LogP contribution is 2.25. The summed E-state index contributed by atoms with van der Waals surface area (Å²) in [5.41, 5.74) is 6.54. The summed E-state index contributed by atoms with van der Waals surface area (Å²) in [6, 6.07) is 5.11. The molecule has 1 aromatic carbocycles. The van der Waals surface area contributed by atoms with Gasteiger partial charge in [0.25, 0.3) is 0 Å². The lowest BCUT2D eigenvalue weighted by Gasteiger charge is -2.07. The molecule has 0 spiro atoms. The van der Waals surface area contributed by atoms with Crippen molar-refractivity contribution in [1.82, 2.24) is 0 Å². The van der Waals surface area contributed by atoms with Crippen molar-refractivity contribution < 1.29 is 4.79 Å². The van der Waals surface area contributed by atoms with Gasteiger partial charge in [-0.2, -0.15) is 0 Å². The predicted molar refractivity (Wildman–Crippen MR) is 55.0 cm³/mol. The SMILES string of the molecule is CC(C)C(=O)c1cccc(N)c1Cl. The second kappa shape index (κ2) is 3.79. The third-order valence-corrected chi connectivity index (χ3v) is 2.24. The number of carbonyl (C=O) groups is 1. The Labute approximate surface area is 82.7 Å². The minimum Gasteiger partial charge on any atom is -0.398 e. The molecule has 0 amide bonds. The standard InChI is InChI=1S/C10H12ClNO/c1-6(2)10(13)7-4-3-5-8(12)9(7)11/h3-6H,12H2,1-2H3. The lowest BCUT2D eigenvalue weighted by atomic mass is 10.0. The van der Waals surface area contributed by atoms with Gasteiger partial charge >= 0.3 is 0 Å². The Morgan fingerprint density at radius 2 is 2.08 bits per heavy atom. The van der Waals surface area contributed by atoms with E-state index in [9.17, 15) is 4.79 Å². The number of hydrogen-bond donors (Lipinski definition) is 1. The van der Waals surface area contributed by atoms with Gasteiger partial charge in [0.2, 0.25) is 0 Å². The molecule has 1 aromatic rings. The minimum absolute atomic E-state index is 0.0253. The highest BCUT2D eigenvalue weighted by molar-refractivity contribution is 6.36. The Hall–Kier alpha value is -1.02. The zero-order valence-electron chi connectivity index (χ0n) is 7.67. The fourth-order valence-electron chi connectivity index (χ4n) is 1.05. The van der Waals surface area contributed by atoms with Crippen LogP contribution in [0.2, 0.25) is 5.02 Å². The highest BCUT2D eigenvalue weighted by atomic mass is 35.5. The fourth-order valence-corrected chi connectivity index (χ4v) is 1.27. The van der Waals surface area contributed by atoms with Crippen LogP contribution in [0.1, 0.15) is 24.2 Å². The van der Waals surface area contributed by atoms with Crippen LogP contribution in [-0.2, 0) is 0 Å². The van der Waals surface area contributed by atoms with E-state index in [2.05, 4.69) is 0 Å². The van der Waals surface area contributed by atoms with Crippen LogP contribution < -0.4 is 5.73 Å². The molecule has 0 aliphatic carbocycles. The number of benzene rings is 1. The molecule has 0 saturated carbocycles. The zero-order chi connectivity index (χ0) is 10.0. The molecule has 2 nitrogen and oxygen atoms in total. The number of nitrogen functional groups attached to an aromatic ring is 1. The molecule has 0 unspecified atom stereocenters. The Kier molecular flexibility index (Phi) is 2.94. The zero-order valence-corrected chi connectivity index (χ0v) is 8.43. The summed E-state index contributed by atoms with van der Waals surface area (Å²) in [5.74, 6) is -0.0309. The molecule has 13 heavy (non-hydrogen) atoms. The van der Waals surface area contributed by atoms with Crippen LogP contribution in [0.15, 0.2) is 18.2 Å². The first-order chi connectivity index (χ1) is 6.04. The summed E-state index contributed by atoms with van der Waals surface area (Å²) in [6.45, 7) is 3.67. The largest absolute Gasteiger partial charge is 0.398 e. The third-order valence-electron chi connectivity index (χ3n) is 1.82. The first-order valence-corrected chi connectivity index (χ1v) is 4.50. The van der Waals surface area contributed by atoms with Gasteiger partial charge in [-0.15, -0.1) is 0 Å². The van der Waals surface area contributed by atoms with Crippen molar-refractivity contribution in [2.45, 2.75) is 13.8 Å². The van der Waals surface area contributed by atoms with E-state index in [1.54, 1.807) is 18.2 Å². The monoisotopic (exact) mass is 197 g/mol. The average Bonchev–Trinajstić information content (AvgIpc) is 2.08. The fraction of sp³-hybridized carbons (Fsp3) is 0.300. The second-order valence-corrected chi connectivity index (χ2v) is 3.61. The number of ketones is 1. The van der Waals surface area contributed by atoms with E-state index in [1.165, 1.54) is 0 Å². The van der Waals surface area contributed by atoms with Gasteiger partial charge in [0.05, 0.1) is 10.7 Å².